The first-order valence-electron chi connectivity index (χ1n) is 11.8. The van der Waals surface area contributed by atoms with Crippen LogP contribution in [0.2, 0.25) is 0 Å². The van der Waals surface area contributed by atoms with E-state index >= 15 is 0 Å². The second-order valence-corrected chi connectivity index (χ2v) is 10.6. The molecule has 1 aliphatic rings. The van der Waals surface area contributed by atoms with Crippen LogP contribution in [0.4, 0.5) is 11.6 Å². The highest BCUT2D eigenvalue weighted by atomic mass is 32.2. The summed E-state index contributed by atoms with van der Waals surface area (Å²) in [4.78, 5) is 24.1. The SMILES string of the molecule is Cc1cc(C)nc(N2CCC(C(=O)Nc3ccc(S(=O)(=O)NCCc4ccccc4)cc3)CC2)n1. The summed E-state index contributed by atoms with van der Waals surface area (Å²) in [6, 6.07) is 17.9. The van der Waals surface area contributed by atoms with Crippen LogP contribution in [0.3, 0.4) is 0 Å². The molecule has 2 aromatic carbocycles. The maximum Gasteiger partial charge on any atom is 0.240 e. The van der Waals surface area contributed by atoms with E-state index in [1.165, 1.54) is 12.1 Å². The molecule has 0 unspecified atom stereocenters. The Bertz CT molecular complexity index is 1240. The number of amides is 1. The highest BCUT2D eigenvalue weighted by Gasteiger charge is 2.26. The van der Waals surface area contributed by atoms with Crippen LogP contribution < -0.4 is 14.9 Å². The van der Waals surface area contributed by atoms with Crippen LogP contribution in [0.1, 0.15) is 29.8 Å². The molecule has 1 amide bonds. The largest absolute Gasteiger partial charge is 0.341 e. The number of nitrogens with zero attached hydrogens (tertiary/aromatic N) is 3. The maximum atomic E-state index is 12.8. The molecule has 0 spiro atoms. The van der Waals surface area contributed by atoms with E-state index in [9.17, 15) is 13.2 Å². The van der Waals surface area contributed by atoms with Crippen LogP contribution in [-0.2, 0) is 21.2 Å². The van der Waals surface area contributed by atoms with Crippen molar-refractivity contribution in [1.82, 2.24) is 14.7 Å². The second kappa shape index (κ2) is 11.0. The summed E-state index contributed by atoms with van der Waals surface area (Å²) < 4.78 is 27.8. The van der Waals surface area contributed by atoms with E-state index in [-0.39, 0.29) is 16.7 Å². The number of hydrogen-bond acceptors (Lipinski definition) is 6. The first-order valence-corrected chi connectivity index (χ1v) is 13.3. The summed E-state index contributed by atoms with van der Waals surface area (Å²) in [5.74, 6) is 0.554. The Hall–Kier alpha value is -3.30. The van der Waals surface area contributed by atoms with Crippen LogP contribution in [0, 0.1) is 19.8 Å². The number of rotatable bonds is 8. The minimum atomic E-state index is -3.61. The lowest BCUT2D eigenvalue weighted by Gasteiger charge is -2.31. The average Bonchev–Trinajstić information content (AvgIpc) is 2.84. The molecule has 1 fully saturated rings. The van der Waals surface area contributed by atoms with Crippen molar-refractivity contribution in [2.24, 2.45) is 5.92 Å². The van der Waals surface area contributed by atoms with Crippen molar-refractivity contribution in [3.05, 3.63) is 77.6 Å². The molecule has 1 aliphatic heterocycles. The van der Waals surface area contributed by atoms with Gasteiger partial charge in [0.2, 0.25) is 21.9 Å². The third-order valence-electron chi connectivity index (χ3n) is 6.10. The topological polar surface area (TPSA) is 104 Å². The third kappa shape index (κ3) is 6.64. The Morgan fingerprint density at radius 2 is 1.60 bits per heavy atom. The molecule has 184 valence electrons. The van der Waals surface area contributed by atoms with Gasteiger partial charge in [0, 0.05) is 42.6 Å². The predicted molar refractivity (Wildman–Crippen MR) is 137 cm³/mol. The van der Waals surface area contributed by atoms with Gasteiger partial charge in [0.25, 0.3) is 0 Å². The molecule has 0 saturated carbocycles. The molecule has 2 heterocycles. The van der Waals surface area contributed by atoms with Crippen LogP contribution in [0.5, 0.6) is 0 Å². The van der Waals surface area contributed by atoms with Crippen molar-refractivity contribution in [2.45, 2.75) is 38.0 Å². The summed E-state index contributed by atoms with van der Waals surface area (Å²) in [5, 5.41) is 2.92. The fraction of sp³-hybridized carbons (Fsp3) is 0.346. The summed E-state index contributed by atoms with van der Waals surface area (Å²) in [5.41, 5.74) is 3.52. The minimum Gasteiger partial charge on any atom is -0.341 e. The van der Waals surface area contributed by atoms with E-state index in [0.29, 0.717) is 44.6 Å². The smallest absolute Gasteiger partial charge is 0.240 e. The van der Waals surface area contributed by atoms with E-state index in [0.717, 1.165) is 22.9 Å². The first kappa shape index (κ1) is 24.8. The Labute approximate surface area is 206 Å². The van der Waals surface area contributed by atoms with E-state index < -0.39 is 10.0 Å². The number of piperidine rings is 1. The summed E-state index contributed by atoms with van der Waals surface area (Å²) >= 11 is 0. The predicted octanol–water partition coefficient (Wildman–Crippen LogP) is 3.47. The van der Waals surface area contributed by atoms with Gasteiger partial charge in [-0.15, -0.1) is 0 Å². The molecule has 1 aromatic heterocycles. The fourth-order valence-corrected chi connectivity index (χ4v) is 5.24. The molecule has 2 N–H and O–H groups in total. The molecule has 3 aromatic rings. The molecule has 35 heavy (non-hydrogen) atoms. The van der Waals surface area contributed by atoms with Crippen molar-refractivity contribution >= 4 is 27.6 Å². The number of nitrogens with one attached hydrogen (secondary N) is 2. The number of carbonyl (C=O) groups excluding carboxylic acids is 1. The zero-order valence-corrected chi connectivity index (χ0v) is 20.9. The Kier molecular flexibility index (Phi) is 7.77. The van der Waals surface area contributed by atoms with E-state index in [1.54, 1.807) is 12.1 Å². The van der Waals surface area contributed by atoms with Crippen molar-refractivity contribution in [1.29, 1.82) is 0 Å². The lowest BCUT2D eigenvalue weighted by molar-refractivity contribution is -0.120. The lowest BCUT2D eigenvalue weighted by Crippen LogP contribution is -2.39. The van der Waals surface area contributed by atoms with E-state index in [4.69, 9.17) is 0 Å². The van der Waals surface area contributed by atoms with Crippen molar-refractivity contribution in [3.8, 4) is 0 Å². The highest BCUT2D eigenvalue weighted by Crippen LogP contribution is 2.23. The third-order valence-corrected chi connectivity index (χ3v) is 7.58. The molecule has 4 rings (SSSR count). The quantitative estimate of drug-likeness (QED) is 0.498. The first-order chi connectivity index (χ1) is 16.8. The van der Waals surface area contributed by atoms with Crippen molar-refractivity contribution < 1.29 is 13.2 Å². The number of aromatic nitrogens is 2. The molecular weight excluding hydrogens is 462 g/mol. The van der Waals surface area contributed by atoms with Crippen LogP contribution >= 0.6 is 0 Å². The highest BCUT2D eigenvalue weighted by molar-refractivity contribution is 7.89. The number of aryl methyl sites for hydroxylation is 2. The minimum absolute atomic E-state index is 0.0532. The van der Waals surface area contributed by atoms with Gasteiger partial charge in [-0.1, -0.05) is 30.3 Å². The van der Waals surface area contributed by atoms with Gasteiger partial charge in [0.05, 0.1) is 4.90 Å². The van der Waals surface area contributed by atoms with E-state index in [1.807, 2.05) is 50.2 Å². The van der Waals surface area contributed by atoms with Gasteiger partial charge in [-0.05, 0) is 69.0 Å². The molecule has 1 saturated heterocycles. The molecule has 0 aliphatic carbocycles. The Morgan fingerprint density at radius 1 is 0.971 bits per heavy atom. The number of hydrogen-bond donors (Lipinski definition) is 2. The monoisotopic (exact) mass is 493 g/mol. The van der Waals surface area contributed by atoms with Crippen LogP contribution in [0.15, 0.2) is 65.6 Å². The molecular formula is C26H31N5O3S. The number of anilines is 2. The van der Waals surface area contributed by atoms with Crippen LogP contribution in [0.25, 0.3) is 0 Å². The normalized spacial score (nSPS) is 14.6. The average molecular weight is 494 g/mol. The van der Waals surface area contributed by atoms with E-state index in [2.05, 4.69) is 24.9 Å². The number of benzene rings is 2. The van der Waals surface area contributed by atoms with Gasteiger partial charge >= 0.3 is 0 Å². The van der Waals surface area contributed by atoms with Gasteiger partial charge in [-0.2, -0.15) is 0 Å². The summed E-state index contributed by atoms with van der Waals surface area (Å²) in [6.07, 6.45) is 2.03. The molecule has 0 radical (unpaired) electrons. The van der Waals surface area contributed by atoms with Crippen LogP contribution in [-0.4, -0.2) is 43.9 Å². The Balaban J connectivity index is 1.27. The van der Waals surface area contributed by atoms with Gasteiger partial charge in [-0.3, -0.25) is 4.79 Å². The molecule has 0 bridgehead atoms. The standard InChI is InChI=1S/C26H31N5O3S/c1-19-18-20(2)29-26(28-19)31-16-13-22(14-17-31)25(32)30-23-8-10-24(11-9-23)35(33,34)27-15-12-21-6-4-3-5-7-21/h3-11,18,22,27H,12-17H2,1-2H3,(H,30,32). The zero-order valence-electron chi connectivity index (χ0n) is 20.1. The number of carbonyl (C=O) groups is 1. The lowest BCUT2D eigenvalue weighted by atomic mass is 9.96. The van der Waals surface area contributed by atoms with Crippen molar-refractivity contribution in [2.75, 3.05) is 29.9 Å². The molecule has 0 atom stereocenters. The van der Waals surface area contributed by atoms with Crippen molar-refractivity contribution in [3.63, 3.8) is 0 Å². The molecule has 9 heteroatoms. The number of sulfonamides is 1. The second-order valence-electron chi connectivity index (χ2n) is 8.86. The van der Waals surface area contributed by atoms with Gasteiger partial charge < -0.3 is 10.2 Å². The van der Waals surface area contributed by atoms with Gasteiger partial charge in [0.15, 0.2) is 0 Å². The zero-order chi connectivity index (χ0) is 24.8. The summed E-state index contributed by atoms with van der Waals surface area (Å²) in [6.45, 7) is 5.65. The van der Waals surface area contributed by atoms with Gasteiger partial charge in [0.1, 0.15) is 0 Å². The summed E-state index contributed by atoms with van der Waals surface area (Å²) in [7, 11) is -3.61. The Morgan fingerprint density at radius 3 is 2.23 bits per heavy atom. The maximum absolute atomic E-state index is 12.8. The molecule has 8 nitrogen and oxygen atoms in total. The van der Waals surface area contributed by atoms with Gasteiger partial charge in [-0.25, -0.2) is 23.1 Å². The fourth-order valence-electron chi connectivity index (χ4n) is 4.21.